The Morgan fingerprint density at radius 1 is 1.16 bits per heavy atom. The standard InChI is InChI=1S/C13H16BrN3O2/c1-9(18)16-4-6-17(7-5-16)13(19)10-2-3-11(14)12(15)8-10/h2-3,8H,4-7,15H2,1H3. The fourth-order valence-corrected chi connectivity index (χ4v) is 2.33. The highest BCUT2D eigenvalue weighted by molar-refractivity contribution is 9.10. The number of halogens is 1. The topological polar surface area (TPSA) is 66.6 Å². The monoisotopic (exact) mass is 325 g/mol. The van der Waals surface area contributed by atoms with Gasteiger partial charge in [-0.25, -0.2) is 0 Å². The zero-order valence-electron chi connectivity index (χ0n) is 10.7. The number of benzene rings is 1. The average molecular weight is 326 g/mol. The number of hydrogen-bond acceptors (Lipinski definition) is 3. The van der Waals surface area contributed by atoms with E-state index in [9.17, 15) is 9.59 Å². The molecule has 0 radical (unpaired) electrons. The quantitative estimate of drug-likeness (QED) is 0.792. The van der Waals surface area contributed by atoms with Gasteiger partial charge in [-0.1, -0.05) is 0 Å². The second-order valence-corrected chi connectivity index (χ2v) is 5.39. The molecule has 2 N–H and O–H groups in total. The van der Waals surface area contributed by atoms with E-state index in [-0.39, 0.29) is 11.8 Å². The van der Waals surface area contributed by atoms with Crippen LogP contribution in [0.15, 0.2) is 22.7 Å². The number of carbonyl (C=O) groups excluding carboxylic acids is 2. The Bertz CT molecular complexity index is 511. The van der Waals surface area contributed by atoms with E-state index in [0.717, 1.165) is 4.47 Å². The molecular weight excluding hydrogens is 310 g/mol. The van der Waals surface area contributed by atoms with Gasteiger partial charge < -0.3 is 15.5 Å². The molecule has 2 amide bonds. The Kier molecular flexibility index (Phi) is 4.09. The average Bonchev–Trinajstić information content (AvgIpc) is 2.41. The van der Waals surface area contributed by atoms with Crippen LogP contribution in [0.4, 0.5) is 5.69 Å². The van der Waals surface area contributed by atoms with E-state index in [1.165, 1.54) is 0 Å². The van der Waals surface area contributed by atoms with Gasteiger partial charge in [0, 0.05) is 48.8 Å². The first-order valence-electron chi connectivity index (χ1n) is 6.09. The molecule has 1 heterocycles. The molecule has 0 saturated carbocycles. The van der Waals surface area contributed by atoms with Crippen LogP contribution in [-0.4, -0.2) is 47.8 Å². The Balaban J connectivity index is 2.05. The van der Waals surface area contributed by atoms with Gasteiger partial charge in [0.25, 0.3) is 5.91 Å². The van der Waals surface area contributed by atoms with Crippen LogP contribution in [0.1, 0.15) is 17.3 Å². The molecule has 2 rings (SSSR count). The molecule has 0 unspecified atom stereocenters. The lowest BCUT2D eigenvalue weighted by atomic mass is 10.1. The minimum absolute atomic E-state index is 0.0394. The summed E-state index contributed by atoms with van der Waals surface area (Å²) in [5, 5.41) is 0. The molecule has 1 fully saturated rings. The molecular formula is C13H16BrN3O2. The summed E-state index contributed by atoms with van der Waals surface area (Å²) in [5.74, 6) is 0.0161. The lowest BCUT2D eigenvalue weighted by molar-refractivity contribution is -0.130. The van der Waals surface area contributed by atoms with Crippen molar-refractivity contribution in [3.05, 3.63) is 28.2 Å². The first-order chi connectivity index (χ1) is 8.99. The maximum Gasteiger partial charge on any atom is 0.254 e. The number of amides is 2. The minimum atomic E-state index is -0.0394. The van der Waals surface area contributed by atoms with Crippen LogP contribution in [0, 0.1) is 0 Å². The number of hydrogen-bond donors (Lipinski definition) is 1. The van der Waals surface area contributed by atoms with Gasteiger partial charge in [-0.3, -0.25) is 9.59 Å². The molecule has 0 bridgehead atoms. The summed E-state index contributed by atoms with van der Waals surface area (Å²) in [5.41, 5.74) is 6.91. The SMILES string of the molecule is CC(=O)N1CCN(C(=O)c2ccc(Br)c(N)c2)CC1. The van der Waals surface area contributed by atoms with E-state index in [1.54, 1.807) is 34.9 Å². The van der Waals surface area contributed by atoms with Crippen LogP contribution >= 0.6 is 15.9 Å². The smallest absolute Gasteiger partial charge is 0.254 e. The molecule has 0 atom stereocenters. The van der Waals surface area contributed by atoms with E-state index in [2.05, 4.69) is 15.9 Å². The molecule has 1 aromatic rings. The lowest BCUT2D eigenvalue weighted by Gasteiger charge is -2.34. The highest BCUT2D eigenvalue weighted by Crippen LogP contribution is 2.21. The predicted molar refractivity (Wildman–Crippen MR) is 76.7 cm³/mol. The molecule has 1 saturated heterocycles. The number of nitrogens with two attached hydrogens (primary N) is 1. The van der Waals surface area contributed by atoms with Crippen LogP contribution in [0.2, 0.25) is 0 Å². The fraction of sp³-hybridized carbons (Fsp3) is 0.385. The van der Waals surface area contributed by atoms with E-state index in [1.807, 2.05) is 0 Å². The van der Waals surface area contributed by atoms with E-state index >= 15 is 0 Å². The maximum absolute atomic E-state index is 12.3. The molecule has 1 aromatic carbocycles. The summed E-state index contributed by atoms with van der Waals surface area (Å²) in [6.45, 7) is 3.86. The molecule has 19 heavy (non-hydrogen) atoms. The maximum atomic E-state index is 12.3. The highest BCUT2D eigenvalue weighted by Gasteiger charge is 2.23. The zero-order chi connectivity index (χ0) is 14.0. The normalized spacial score (nSPS) is 15.5. The summed E-state index contributed by atoms with van der Waals surface area (Å²) in [6, 6.07) is 5.19. The highest BCUT2D eigenvalue weighted by atomic mass is 79.9. The third-order valence-electron chi connectivity index (χ3n) is 3.26. The van der Waals surface area contributed by atoms with Crippen molar-refractivity contribution in [2.75, 3.05) is 31.9 Å². The first kappa shape index (κ1) is 13.9. The van der Waals surface area contributed by atoms with Crippen LogP contribution < -0.4 is 5.73 Å². The Morgan fingerprint density at radius 3 is 2.26 bits per heavy atom. The Labute approximate surface area is 120 Å². The summed E-state index contributed by atoms with van der Waals surface area (Å²) in [6.07, 6.45) is 0. The largest absolute Gasteiger partial charge is 0.398 e. The van der Waals surface area contributed by atoms with Crippen LogP contribution in [0.25, 0.3) is 0 Å². The number of nitrogens with zero attached hydrogens (tertiary/aromatic N) is 2. The number of piperazine rings is 1. The molecule has 0 aromatic heterocycles. The minimum Gasteiger partial charge on any atom is -0.398 e. The number of rotatable bonds is 1. The predicted octanol–water partition coefficient (Wildman–Crippen LogP) is 1.34. The Hall–Kier alpha value is -1.56. The van der Waals surface area contributed by atoms with Crippen molar-refractivity contribution in [3.8, 4) is 0 Å². The van der Waals surface area contributed by atoms with Crippen LogP contribution in [0.3, 0.4) is 0 Å². The van der Waals surface area contributed by atoms with Crippen molar-refractivity contribution in [2.24, 2.45) is 0 Å². The van der Waals surface area contributed by atoms with E-state index < -0.39 is 0 Å². The second kappa shape index (κ2) is 5.61. The Morgan fingerprint density at radius 2 is 1.74 bits per heavy atom. The third kappa shape index (κ3) is 3.07. The van der Waals surface area contributed by atoms with Crippen molar-refractivity contribution in [3.63, 3.8) is 0 Å². The molecule has 0 aliphatic carbocycles. The summed E-state index contributed by atoms with van der Waals surface area (Å²) in [7, 11) is 0. The van der Waals surface area contributed by atoms with Gasteiger partial charge in [-0.15, -0.1) is 0 Å². The zero-order valence-corrected chi connectivity index (χ0v) is 12.3. The van der Waals surface area contributed by atoms with Gasteiger partial charge in [0.1, 0.15) is 0 Å². The van der Waals surface area contributed by atoms with Crippen molar-refractivity contribution in [1.29, 1.82) is 0 Å². The number of anilines is 1. The van der Waals surface area contributed by atoms with Crippen molar-refractivity contribution in [2.45, 2.75) is 6.92 Å². The fourth-order valence-electron chi connectivity index (χ4n) is 2.08. The van der Waals surface area contributed by atoms with Crippen LogP contribution in [-0.2, 0) is 4.79 Å². The number of carbonyl (C=O) groups is 2. The second-order valence-electron chi connectivity index (χ2n) is 4.53. The number of nitrogen functional groups attached to an aromatic ring is 1. The summed E-state index contributed by atoms with van der Waals surface area (Å²) < 4.78 is 0.783. The molecule has 102 valence electrons. The third-order valence-corrected chi connectivity index (χ3v) is 3.98. The van der Waals surface area contributed by atoms with Crippen LogP contribution in [0.5, 0.6) is 0 Å². The van der Waals surface area contributed by atoms with E-state index in [4.69, 9.17) is 5.73 Å². The van der Waals surface area contributed by atoms with Gasteiger partial charge in [0.2, 0.25) is 5.91 Å². The van der Waals surface area contributed by atoms with Crippen molar-refractivity contribution in [1.82, 2.24) is 9.80 Å². The van der Waals surface area contributed by atoms with Gasteiger partial charge in [0.15, 0.2) is 0 Å². The van der Waals surface area contributed by atoms with Crippen molar-refractivity contribution < 1.29 is 9.59 Å². The van der Waals surface area contributed by atoms with Gasteiger partial charge in [-0.2, -0.15) is 0 Å². The molecule has 0 spiro atoms. The molecule has 1 aliphatic rings. The lowest BCUT2D eigenvalue weighted by Crippen LogP contribution is -2.50. The summed E-state index contributed by atoms with van der Waals surface area (Å²) >= 11 is 3.30. The van der Waals surface area contributed by atoms with Gasteiger partial charge >= 0.3 is 0 Å². The van der Waals surface area contributed by atoms with Gasteiger partial charge in [0.05, 0.1) is 0 Å². The van der Waals surface area contributed by atoms with Gasteiger partial charge in [-0.05, 0) is 34.1 Å². The van der Waals surface area contributed by atoms with E-state index in [0.29, 0.717) is 37.4 Å². The molecule has 6 heteroatoms. The van der Waals surface area contributed by atoms with Crippen molar-refractivity contribution >= 4 is 33.4 Å². The molecule has 5 nitrogen and oxygen atoms in total. The summed E-state index contributed by atoms with van der Waals surface area (Å²) in [4.78, 5) is 27.0. The first-order valence-corrected chi connectivity index (χ1v) is 6.88. The molecule has 1 aliphatic heterocycles.